The van der Waals surface area contributed by atoms with E-state index in [0.717, 1.165) is 0 Å². The van der Waals surface area contributed by atoms with E-state index in [9.17, 15) is 13.2 Å². The zero-order valence-electron chi connectivity index (χ0n) is 11.7. The van der Waals surface area contributed by atoms with Gasteiger partial charge < -0.3 is 0 Å². The van der Waals surface area contributed by atoms with Gasteiger partial charge in [-0.2, -0.15) is 18.4 Å². The topological polar surface area (TPSA) is 62.5 Å². The van der Waals surface area contributed by atoms with Crippen molar-refractivity contribution in [2.75, 3.05) is 0 Å². The van der Waals surface area contributed by atoms with Crippen molar-refractivity contribution in [2.45, 2.75) is 37.8 Å². The van der Waals surface area contributed by atoms with E-state index in [1.807, 2.05) is 6.07 Å². The van der Waals surface area contributed by atoms with Gasteiger partial charge in [0.05, 0.1) is 22.4 Å². The van der Waals surface area contributed by atoms with Crippen LogP contribution in [-0.4, -0.2) is 21.1 Å². The van der Waals surface area contributed by atoms with Gasteiger partial charge >= 0.3 is 6.18 Å². The van der Waals surface area contributed by atoms with Crippen molar-refractivity contribution < 1.29 is 13.2 Å². The van der Waals surface area contributed by atoms with Crippen molar-refractivity contribution in [3.63, 3.8) is 0 Å². The van der Waals surface area contributed by atoms with Crippen molar-refractivity contribution >= 4 is 11.0 Å². The van der Waals surface area contributed by atoms with E-state index in [4.69, 9.17) is 5.26 Å². The highest BCUT2D eigenvalue weighted by molar-refractivity contribution is 5.81. The molecule has 2 aromatic heterocycles. The second-order valence-electron chi connectivity index (χ2n) is 6.42. The molecule has 0 unspecified atom stereocenters. The summed E-state index contributed by atoms with van der Waals surface area (Å²) in [6.07, 6.45) is -2.58. The van der Waals surface area contributed by atoms with Crippen LogP contribution >= 0.6 is 0 Å². The first-order valence-corrected chi connectivity index (χ1v) is 6.90. The Balaban J connectivity index is 1.81. The predicted octanol–water partition coefficient (Wildman–Crippen LogP) is 3.19. The van der Waals surface area contributed by atoms with Gasteiger partial charge in [0.15, 0.2) is 5.65 Å². The number of aromatic nitrogens is 3. The highest BCUT2D eigenvalue weighted by Gasteiger charge is 2.79. The van der Waals surface area contributed by atoms with Crippen LogP contribution in [0.1, 0.15) is 36.2 Å². The normalized spacial score (nSPS) is 29.6. The summed E-state index contributed by atoms with van der Waals surface area (Å²) < 4.78 is 39.0. The number of aryl methyl sites for hydroxylation is 1. The number of pyridine rings is 1. The summed E-state index contributed by atoms with van der Waals surface area (Å²) in [5.74, 6) is 0. The maximum atomic E-state index is 13.0. The Morgan fingerprint density at radius 2 is 1.91 bits per heavy atom. The summed E-state index contributed by atoms with van der Waals surface area (Å²) in [6.45, 7) is 1.71. The molecule has 0 amide bonds. The quantitative estimate of drug-likeness (QED) is 0.811. The fourth-order valence-corrected chi connectivity index (χ4v) is 3.95. The number of fused-ring (bicyclic) bond motifs is 1. The third-order valence-electron chi connectivity index (χ3n) is 5.07. The Labute approximate surface area is 124 Å². The zero-order chi connectivity index (χ0) is 15.8. The Bertz CT molecular complexity index is 830. The van der Waals surface area contributed by atoms with Crippen LogP contribution in [0.2, 0.25) is 0 Å². The lowest BCUT2D eigenvalue weighted by Crippen LogP contribution is -2.70. The summed E-state index contributed by atoms with van der Waals surface area (Å²) >= 11 is 0. The number of rotatable bonds is 1. The molecule has 3 fully saturated rings. The predicted molar refractivity (Wildman–Crippen MR) is 70.8 cm³/mol. The van der Waals surface area contributed by atoms with E-state index < -0.39 is 17.0 Å². The van der Waals surface area contributed by atoms with Gasteiger partial charge in [-0.25, -0.2) is 15.0 Å². The molecule has 0 radical (unpaired) electrons. The minimum absolute atomic E-state index is 0.0748. The van der Waals surface area contributed by atoms with E-state index in [2.05, 4.69) is 15.0 Å². The second-order valence-corrected chi connectivity index (χ2v) is 6.42. The van der Waals surface area contributed by atoms with Crippen LogP contribution in [0.15, 0.2) is 12.4 Å². The molecule has 112 valence electrons. The van der Waals surface area contributed by atoms with Crippen LogP contribution in [0.25, 0.3) is 11.0 Å². The average Bonchev–Trinajstić information content (AvgIpc) is 2.33. The lowest BCUT2D eigenvalue weighted by molar-refractivity contribution is -0.337. The van der Waals surface area contributed by atoms with Crippen molar-refractivity contribution in [1.82, 2.24) is 15.0 Å². The third kappa shape index (κ3) is 1.45. The highest BCUT2D eigenvalue weighted by atomic mass is 19.4. The zero-order valence-corrected chi connectivity index (χ0v) is 11.7. The molecule has 5 rings (SSSR count). The maximum Gasteiger partial charge on any atom is 0.394 e. The molecule has 0 N–H and O–H groups in total. The first-order chi connectivity index (χ1) is 10.3. The van der Waals surface area contributed by atoms with Gasteiger partial charge in [0, 0.05) is 10.8 Å². The summed E-state index contributed by atoms with van der Waals surface area (Å²) in [6, 6.07) is 3.70. The van der Waals surface area contributed by atoms with E-state index in [1.54, 1.807) is 13.0 Å². The number of nitriles is 1. The number of hydrogen-bond acceptors (Lipinski definition) is 4. The molecule has 0 saturated heterocycles. The molecular weight excluding hydrogens is 293 g/mol. The average molecular weight is 304 g/mol. The summed E-state index contributed by atoms with van der Waals surface area (Å²) in [5.41, 5.74) is -0.0505. The Morgan fingerprint density at radius 1 is 1.23 bits per heavy atom. The molecule has 22 heavy (non-hydrogen) atoms. The number of alkyl halides is 3. The van der Waals surface area contributed by atoms with Gasteiger partial charge in [-0.1, -0.05) is 0 Å². The summed E-state index contributed by atoms with van der Waals surface area (Å²) in [7, 11) is 0. The molecular formula is C15H11F3N4. The lowest BCUT2D eigenvalue weighted by atomic mass is 9.33. The van der Waals surface area contributed by atoms with Crippen LogP contribution < -0.4 is 0 Å². The fraction of sp³-hybridized carbons (Fsp3) is 0.467. The highest BCUT2D eigenvalue weighted by Crippen LogP contribution is 2.78. The Morgan fingerprint density at radius 3 is 2.50 bits per heavy atom. The van der Waals surface area contributed by atoms with Gasteiger partial charge in [0.1, 0.15) is 12.4 Å². The largest absolute Gasteiger partial charge is 0.394 e. The van der Waals surface area contributed by atoms with Crippen LogP contribution in [0, 0.1) is 23.7 Å². The molecule has 2 aromatic rings. The number of hydrogen-bond donors (Lipinski definition) is 0. The monoisotopic (exact) mass is 304 g/mol. The minimum atomic E-state index is -4.15. The van der Waals surface area contributed by atoms with Crippen LogP contribution in [0.4, 0.5) is 13.2 Å². The van der Waals surface area contributed by atoms with Gasteiger partial charge in [-0.05, 0) is 32.3 Å². The van der Waals surface area contributed by atoms with Gasteiger partial charge in [0.2, 0.25) is 0 Å². The maximum absolute atomic E-state index is 13.0. The number of nitrogens with zero attached hydrogens (tertiary/aromatic N) is 4. The van der Waals surface area contributed by atoms with Crippen LogP contribution in [-0.2, 0) is 5.41 Å². The van der Waals surface area contributed by atoms with Crippen molar-refractivity contribution in [1.29, 1.82) is 5.26 Å². The second kappa shape index (κ2) is 3.75. The first kappa shape index (κ1) is 13.4. The molecule has 0 aromatic carbocycles. The standard InChI is InChI=1S/C15H11F3N4/c1-8-9(3-19)2-10-11(20-7-21-12(10)22-8)13-4-14(5-13,6-13)15(16,17)18/h2,7H,4-6H2,1H3. The van der Waals surface area contributed by atoms with Crippen molar-refractivity contribution in [2.24, 2.45) is 5.41 Å². The molecule has 3 saturated carbocycles. The molecule has 4 nitrogen and oxygen atoms in total. The fourth-order valence-electron chi connectivity index (χ4n) is 3.95. The van der Waals surface area contributed by atoms with Gasteiger partial charge in [-0.3, -0.25) is 0 Å². The minimum Gasteiger partial charge on any atom is -0.240 e. The molecule has 0 atom stereocenters. The van der Waals surface area contributed by atoms with E-state index in [1.165, 1.54) is 6.33 Å². The van der Waals surface area contributed by atoms with E-state index in [0.29, 0.717) is 28.0 Å². The van der Waals surface area contributed by atoms with E-state index >= 15 is 0 Å². The van der Waals surface area contributed by atoms with Crippen LogP contribution in [0.5, 0.6) is 0 Å². The molecule has 7 heteroatoms. The van der Waals surface area contributed by atoms with E-state index in [-0.39, 0.29) is 19.3 Å². The number of halogens is 3. The molecule has 3 aliphatic rings. The van der Waals surface area contributed by atoms with Crippen molar-refractivity contribution in [3.05, 3.63) is 29.3 Å². The Kier molecular flexibility index (Phi) is 2.29. The molecule has 0 spiro atoms. The summed E-state index contributed by atoms with van der Waals surface area (Å²) in [5, 5.41) is 9.72. The summed E-state index contributed by atoms with van der Waals surface area (Å²) in [4.78, 5) is 12.6. The first-order valence-electron chi connectivity index (χ1n) is 6.90. The van der Waals surface area contributed by atoms with Crippen LogP contribution in [0.3, 0.4) is 0 Å². The Hall–Kier alpha value is -2.23. The molecule has 2 bridgehead atoms. The molecule has 3 aliphatic carbocycles. The third-order valence-corrected chi connectivity index (χ3v) is 5.07. The lowest BCUT2D eigenvalue weighted by Gasteiger charge is -2.70. The van der Waals surface area contributed by atoms with Gasteiger partial charge in [0.25, 0.3) is 0 Å². The van der Waals surface area contributed by atoms with Gasteiger partial charge in [-0.15, -0.1) is 0 Å². The SMILES string of the molecule is Cc1nc2ncnc(C34CC(C(F)(F)F)(C3)C4)c2cc1C#N. The van der Waals surface area contributed by atoms with Crippen molar-refractivity contribution in [3.8, 4) is 6.07 Å². The molecule has 2 heterocycles. The molecule has 0 aliphatic heterocycles. The smallest absolute Gasteiger partial charge is 0.240 e.